The number of rotatable bonds is 8. The van der Waals surface area contributed by atoms with Crippen LogP contribution in [0.3, 0.4) is 0 Å². The van der Waals surface area contributed by atoms with Crippen molar-refractivity contribution in [1.82, 2.24) is 13.7 Å². The topological polar surface area (TPSA) is 14.8 Å². The van der Waals surface area contributed by atoms with Crippen LogP contribution >= 0.6 is 0 Å². The molecule has 1 atom stereocenters. The van der Waals surface area contributed by atoms with Gasteiger partial charge in [-0.2, -0.15) is 0 Å². The molecule has 0 amide bonds. The van der Waals surface area contributed by atoms with Gasteiger partial charge in [-0.25, -0.2) is 8.78 Å². The first-order chi connectivity index (χ1) is 39.2. The summed E-state index contributed by atoms with van der Waals surface area (Å²) < 4.78 is 40.5. The van der Waals surface area contributed by atoms with Crippen molar-refractivity contribution in [3.05, 3.63) is 270 Å². The van der Waals surface area contributed by atoms with Gasteiger partial charge < -0.3 is 13.7 Å². The second-order valence-electron chi connectivity index (χ2n) is 22.5. The zero-order chi connectivity index (χ0) is 53.9. The van der Waals surface area contributed by atoms with E-state index in [1.54, 1.807) is 24.3 Å². The van der Waals surface area contributed by atoms with Crippen LogP contribution in [0.25, 0.3) is 116 Å². The molecule has 0 N–H and O–H groups in total. The second kappa shape index (κ2) is 18.7. The van der Waals surface area contributed by atoms with E-state index in [-0.39, 0.29) is 29.4 Å². The normalized spacial score (nSPS) is 13.6. The van der Waals surface area contributed by atoms with E-state index < -0.39 is 0 Å². The maximum Gasteiger partial charge on any atom is 0.123 e. The molecule has 0 radical (unpaired) electrons. The smallest absolute Gasteiger partial charge is 0.123 e. The summed E-state index contributed by atoms with van der Waals surface area (Å²) in [5.41, 5.74) is 22.0. The second-order valence-corrected chi connectivity index (χ2v) is 22.5. The summed E-state index contributed by atoms with van der Waals surface area (Å²) in [6.07, 6.45) is 1.38. The van der Waals surface area contributed by atoms with Crippen molar-refractivity contribution >= 4 is 65.4 Å². The molecule has 1 aliphatic rings. The van der Waals surface area contributed by atoms with Gasteiger partial charge in [0.05, 0.1) is 38.8 Å². The Morgan fingerprint density at radius 3 is 1.45 bits per heavy atom. The van der Waals surface area contributed by atoms with Crippen LogP contribution < -0.4 is 0 Å². The summed E-state index contributed by atoms with van der Waals surface area (Å²) in [6.45, 7) is 9.23. The molecule has 0 aliphatic heterocycles. The fraction of sp³-hybridized carbons (Fsp3) is 0.120. The Balaban J connectivity index is 1.14. The molecule has 11 aromatic carbocycles. The van der Waals surface area contributed by atoms with E-state index >= 15 is 8.78 Å². The minimum absolute atomic E-state index is 0.0666. The summed E-state index contributed by atoms with van der Waals surface area (Å²) in [5.74, 6) is -0.893. The molecule has 386 valence electrons. The van der Waals surface area contributed by atoms with Gasteiger partial charge in [-0.1, -0.05) is 179 Å². The van der Waals surface area contributed by atoms with Gasteiger partial charge in [0.2, 0.25) is 0 Å². The molecule has 15 rings (SSSR count). The molecule has 0 fully saturated rings. The first-order valence-electron chi connectivity index (χ1n) is 28.2. The van der Waals surface area contributed by atoms with E-state index in [9.17, 15) is 0 Å². The summed E-state index contributed by atoms with van der Waals surface area (Å²) >= 11 is 0. The number of hydrogen-bond acceptors (Lipinski definition) is 0. The van der Waals surface area contributed by atoms with Crippen LogP contribution in [-0.2, 0) is 12.8 Å². The Bertz CT molecular complexity index is 4720. The molecule has 0 saturated heterocycles. The van der Waals surface area contributed by atoms with Gasteiger partial charge in [0.15, 0.2) is 0 Å². The summed E-state index contributed by atoms with van der Waals surface area (Å²) in [4.78, 5) is 0. The fourth-order valence-corrected chi connectivity index (χ4v) is 14.3. The molecule has 80 heavy (non-hydrogen) atoms. The molecule has 1 unspecified atom stereocenters. The number of halogens is 2. The average molecular weight is 1040 g/mol. The zero-order valence-electron chi connectivity index (χ0n) is 45.2. The highest BCUT2D eigenvalue weighted by Crippen LogP contribution is 2.55. The Hall–Kier alpha value is -9.32. The molecule has 0 saturated carbocycles. The van der Waals surface area contributed by atoms with E-state index in [0.29, 0.717) is 12.8 Å². The van der Waals surface area contributed by atoms with E-state index in [1.165, 1.54) is 33.0 Å². The minimum Gasteiger partial charge on any atom is -0.309 e. The first kappa shape index (κ1) is 47.9. The SMILES string of the molecule is CC(C)c1c(-c2cccc(F)c2)c(C2Cc3ccccc3-c3ccc4c(c3C2)c2ccccc2n4-c2ccccc2)c(-c2cccc(F)c2)c(C(C)C)c1-n1c2ccccc2c2ccc3c(c4ccccc4n3-c3ccccc3)c21. The van der Waals surface area contributed by atoms with Crippen LogP contribution in [0, 0.1) is 11.6 Å². The van der Waals surface area contributed by atoms with Gasteiger partial charge in [-0.05, 0) is 171 Å². The predicted molar refractivity (Wildman–Crippen MR) is 330 cm³/mol. The van der Waals surface area contributed by atoms with Gasteiger partial charge in [-0.15, -0.1) is 0 Å². The maximum atomic E-state index is 16.6. The largest absolute Gasteiger partial charge is 0.309 e. The van der Waals surface area contributed by atoms with Gasteiger partial charge in [0, 0.05) is 43.7 Å². The Morgan fingerprint density at radius 1 is 0.388 bits per heavy atom. The van der Waals surface area contributed by atoms with E-state index in [4.69, 9.17) is 0 Å². The van der Waals surface area contributed by atoms with Crippen LogP contribution in [0.5, 0.6) is 0 Å². The van der Waals surface area contributed by atoms with Crippen LogP contribution in [0.1, 0.15) is 73.3 Å². The van der Waals surface area contributed by atoms with Gasteiger partial charge >= 0.3 is 0 Å². The lowest BCUT2D eigenvalue weighted by Gasteiger charge is -2.34. The van der Waals surface area contributed by atoms with E-state index in [0.717, 1.165) is 111 Å². The molecule has 3 heterocycles. The lowest BCUT2D eigenvalue weighted by Crippen LogP contribution is -2.18. The van der Waals surface area contributed by atoms with Gasteiger partial charge in [0.25, 0.3) is 0 Å². The Labute approximate surface area is 464 Å². The number of hydrogen-bond donors (Lipinski definition) is 0. The van der Waals surface area contributed by atoms with Crippen LogP contribution in [-0.4, -0.2) is 13.7 Å². The zero-order valence-corrected chi connectivity index (χ0v) is 45.2. The summed E-state index contributed by atoms with van der Waals surface area (Å²) in [6, 6.07) is 80.4. The molecule has 1 aliphatic carbocycles. The monoisotopic (exact) mass is 1040 g/mol. The molecular weight excluding hydrogens is 981 g/mol. The quantitative estimate of drug-likeness (QED) is 0.144. The van der Waals surface area contributed by atoms with Crippen molar-refractivity contribution in [2.75, 3.05) is 0 Å². The van der Waals surface area contributed by atoms with Gasteiger partial charge in [-0.3, -0.25) is 0 Å². The fourth-order valence-electron chi connectivity index (χ4n) is 14.3. The van der Waals surface area contributed by atoms with Crippen LogP contribution in [0.15, 0.2) is 231 Å². The lowest BCUT2D eigenvalue weighted by atomic mass is 9.72. The third kappa shape index (κ3) is 7.22. The highest BCUT2D eigenvalue weighted by atomic mass is 19.1. The first-order valence-corrected chi connectivity index (χ1v) is 28.2. The highest BCUT2D eigenvalue weighted by molar-refractivity contribution is 6.26. The molecule has 0 spiro atoms. The van der Waals surface area contributed by atoms with Crippen LogP contribution in [0.2, 0.25) is 0 Å². The molecule has 14 aromatic rings. The predicted octanol–water partition coefficient (Wildman–Crippen LogP) is 20.4. The van der Waals surface area contributed by atoms with E-state index in [2.05, 4.69) is 236 Å². The Morgan fingerprint density at radius 2 is 0.875 bits per heavy atom. The van der Waals surface area contributed by atoms with E-state index in [1.807, 2.05) is 12.1 Å². The van der Waals surface area contributed by atoms with Crippen LogP contribution in [0.4, 0.5) is 8.78 Å². The Kier molecular flexibility index (Phi) is 11.2. The molecular formula is C75H57F2N3. The van der Waals surface area contributed by atoms with Crippen molar-refractivity contribution in [3.63, 3.8) is 0 Å². The third-order valence-corrected chi connectivity index (χ3v) is 17.3. The molecule has 3 aromatic heterocycles. The average Bonchev–Trinajstić information content (AvgIpc) is 4.25. The number of benzene rings is 11. The van der Waals surface area contributed by atoms with Crippen molar-refractivity contribution in [1.29, 1.82) is 0 Å². The maximum absolute atomic E-state index is 16.6. The molecule has 0 bridgehead atoms. The number of aromatic nitrogens is 3. The highest BCUT2D eigenvalue weighted by Gasteiger charge is 2.37. The van der Waals surface area contributed by atoms with Crippen molar-refractivity contribution in [2.45, 2.75) is 58.3 Å². The standard InChI is InChI=1S/C75H57F2N3/c1-45(2)67-69(48-22-19-24-51(76)42-48)71(50-41-47-21-11-12-30-55(47)56-37-39-65-72(61(56)44-50)59-32-14-17-35-63(59)78(65)53-26-7-5-8-27-53)70(49-23-20-25-52(77)43-49)68(46(3)4)75(67)80-62-34-16-13-31-57(62)58-38-40-66-73(74(58)80)60-33-15-18-36-64(60)79(66)54-28-9-6-10-29-54/h5-40,42-43,45-46,50H,41,44H2,1-4H3. The van der Waals surface area contributed by atoms with Gasteiger partial charge in [0.1, 0.15) is 11.6 Å². The lowest BCUT2D eigenvalue weighted by molar-refractivity contribution is 0.628. The van der Waals surface area contributed by atoms with Crippen molar-refractivity contribution in [2.24, 2.45) is 0 Å². The minimum atomic E-state index is -0.302. The number of nitrogens with zero attached hydrogens (tertiary/aromatic N) is 3. The number of para-hydroxylation sites is 5. The molecule has 5 heteroatoms. The summed E-state index contributed by atoms with van der Waals surface area (Å²) in [7, 11) is 0. The number of fused-ring (bicyclic) bond motifs is 14. The summed E-state index contributed by atoms with van der Waals surface area (Å²) in [5, 5.41) is 7.03. The third-order valence-electron chi connectivity index (χ3n) is 17.3. The molecule has 3 nitrogen and oxygen atoms in total. The van der Waals surface area contributed by atoms with Crippen molar-refractivity contribution in [3.8, 4) is 50.4 Å². The van der Waals surface area contributed by atoms with Crippen molar-refractivity contribution < 1.29 is 8.78 Å².